The third kappa shape index (κ3) is 20.1. The average molecular weight is 1830 g/mol. The molecule has 10 aliphatic heterocycles. The number of nitrogens with one attached hydrogen (secondary N) is 4. The first-order valence-corrected chi connectivity index (χ1v) is 44.7. The highest BCUT2D eigenvalue weighted by Crippen LogP contribution is 2.40. The summed E-state index contributed by atoms with van der Waals surface area (Å²) >= 11 is 0. The second-order valence-electron chi connectivity index (χ2n) is 33.6. The third-order valence-corrected chi connectivity index (χ3v) is 25.1. The van der Waals surface area contributed by atoms with E-state index in [0.717, 1.165) is 139 Å². The Labute approximate surface area is 778 Å². The van der Waals surface area contributed by atoms with Gasteiger partial charge in [-0.1, -0.05) is 60.1 Å². The monoisotopic (exact) mass is 1830 g/mol. The normalized spacial score (nSPS) is 19.3. The molecule has 0 bridgehead atoms. The molecule has 36 heteroatoms. The number of aliphatic hydroxyl groups excluding tert-OH is 1. The van der Waals surface area contributed by atoms with Crippen LogP contribution in [-0.4, -0.2) is 224 Å². The van der Waals surface area contributed by atoms with Crippen molar-refractivity contribution in [1.82, 2.24) is 80.0 Å². The summed E-state index contributed by atoms with van der Waals surface area (Å²) in [5, 5.41) is 44.7. The number of piperidine rings is 3. The topological polar surface area (TPSA) is 412 Å². The Morgan fingerprint density at radius 2 is 0.853 bits per heavy atom. The van der Waals surface area contributed by atoms with Crippen LogP contribution in [0, 0.1) is 58.5 Å². The number of rotatable bonds is 11. The fourth-order valence-corrected chi connectivity index (χ4v) is 18.5. The Morgan fingerprint density at radius 3 is 1.26 bits per heavy atom. The van der Waals surface area contributed by atoms with Gasteiger partial charge in [0.15, 0.2) is 11.3 Å². The highest BCUT2D eigenvalue weighted by atomic mass is 19.1. The number of carbonyl (C=O) groups excluding carboxylic acids is 10. The maximum atomic E-state index is 14.1. The van der Waals surface area contributed by atoms with Gasteiger partial charge in [0.1, 0.15) is 71.0 Å². The van der Waals surface area contributed by atoms with Gasteiger partial charge in [0.2, 0.25) is 35.4 Å². The van der Waals surface area contributed by atoms with Crippen LogP contribution >= 0.6 is 0 Å². The Bertz CT molecular complexity index is 6890. The molecule has 34 nitrogen and oxygen atoms in total. The number of amides is 10. The summed E-state index contributed by atoms with van der Waals surface area (Å²) in [6.07, 6.45) is 9.11. The smallest absolute Gasteiger partial charge is 0.382 e. The number of anilines is 4. The van der Waals surface area contributed by atoms with Crippen LogP contribution in [0.2, 0.25) is 0 Å². The van der Waals surface area contributed by atoms with Crippen LogP contribution in [-0.2, 0) is 58.0 Å². The zero-order chi connectivity index (χ0) is 94.8. The number of aliphatic hydroxyl groups is 1. The van der Waals surface area contributed by atoms with Gasteiger partial charge in [0, 0.05) is 156 Å². The Morgan fingerprint density at radius 1 is 0.449 bits per heavy atom. The molecule has 16 heterocycles. The number of imidazole rings is 2. The van der Waals surface area contributed by atoms with Gasteiger partial charge in [-0.25, -0.2) is 42.5 Å². The number of aromatic nitrogens is 8. The molecule has 11 aromatic rings. The number of pyridine rings is 2. The van der Waals surface area contributed by atoms with Gasteiger partial charge in [-0.15, -0.1) is 10.2 Å². The van der Waals surface area contributed by atoms with E-state index in [4.69, 9.17) is 35.6 Å². The van der Waals surface area contributed by atoms with Crippen molar-refractivity contribution in [2.45, 2.75) is 121 Å². The van der Waals surface area contributed by atoms with Gasteiger partial charge >= 0.3 is 5.97 Å². The zero-order valence-electron chi connectivity index (χ0n) is 73.8. The van der Waals surface area contributed by atoms with E-state index in [0.29, 0.717) is 96.6 Å². The molecule has 0 saturated carbocycles. The van der Waals surface area contributed by atoms with Crippen LogP contribution in [0.4, 0.5) is 32.1 Å². The average Bonchev–Trinajstić information content (AvgIpc) is 1.55. The maximum absolute atomic E-state index is 14.1. The van der Waals surface area contributed by atoms with Crippen molar-refractivity contribution >= 4 is 99.6 Å². The first-order valence-electron chi connectivity index (χ1n) is 44.7. The van der Waals surface area contributed by atoms with Gasteiger partial charge in [-0.3, -0.25) is 63.9 Å². The number of imide groups is 3. The van der Waals surface area contributed by atoms with Crippen molar-refractivity contribution in [3.8, 4) is 64.4 Å². The number of carbonyl (C=O) groups is 11. The molecule has 5 aromatic carbocycles. The molecule has 10 amide bonds. The molecule has 21 rings (SSSR count). The lowest BCUT2D eigenvalue weighted by Gasteiger charge is -2.34. The summed E-state index contributed by atoms with van der Waals surface area (Å²) in [4.78, 5) is 166. The second-order valence-corrected chi connectivity index (χ2v) is 33.6. The van der Waals surface area contributed by atoms with Crippen LogP contribution in [0.15, 0.2) is 176 Å². The number of hydrogen-bond acceptors (Lipinski definition) is 24. The summed E-state index contributed by atoms with van der Waals surface area (Å²) in [5.41, 5.74) is 12.2. The summed E-state index contributed by atoms with van der Waals surface area (Å²) in [6.45, 7) is 9.66. The van der Waals surface area contributed by atoms with Gasteiger partial charge in [0.05, 0.1) is 41.9 Å². The van der Waals surface area contributed by atoms with E-state index in [2.05, 4.69) is 86.5 Å². The fraction of sp³-hybridized carbons (Fsp3) is 0.300. The van der Waals surface area contributed by atoms with Crippen molar-refractivity contribution in [1.29, 1.82) is 5.26 Å². The fourth-order valence-electron chi connectivity index (χ4n) is 18.5. The first-order chi connectivity index (χ1) is 66.0. The number of carboxylic acid groups (broad SMARTS) is 1. The number of aliphatic carboxylic acids is 1. The van der Waals surface area contributed by atoms with E-state index in [9.17, 15) is 61.5 Å². The van der Waals surface area contributed by atoms with Crippen LogP contribution < -0.4 is 40.9 Å². The molecule has 10 aliphatic rings. The number of piperazine rings is 2. The van der Waals surface area contributed by atoms with Crippen molar-refractivity contribution in [3.05, 3.63) is 249 Å². The number of nitriles is 1. The van der Waals surface area contributed by atoms with Gasteiger partial charge < -0.3 is 54.7 Å². The van der Waals surface area contributed by atoms with Crippen LogP contribution in [0.5, 0.6) is 0 Å². The van der Waals surface area contributed by atoms with E-state index in [1.54, 1.807) is 96.0 Å². The summed E-state index contributed by atoms with van der Waals surface area (Å²) in [6, 6.07) is 48.7. The lowest BCUT2D eigenvalue weighted by molar-refractivity contribution is -0.138. The molecule has 136 heavy (non-hydrogen) atoms. The number of carboxylic acids is 1. The summed E-state index contributed by atoms with van der Waals surface area (Å²) in [7, 11) is 0. The van der Waals surface area contributed by atoms with Crippen LogP contribution in [0.25, 0.3) is 34.1 Å². The highest BCUT2D eigenvalue weighted by molar-refractivity contribution is 6.08. The standard InChI is InChI=1S/C41H36FN9O4.C25H26FN7.C16H12N2O5.C16H14N2O4.C2H3N/c42-29-5-1-4-27(23-29)32-7-3-17-49(32)37-14-13-35-43-24-34(51(35)46-37)31-6-2-8-36(44-31)47-18-20-48(21-19-47)39(53)16-10-26-9-11-30-28(22-26)25-50(41(30)55)33-12-15-38(52)45-40(33)54;26-19-5-1-4-18(16-19)21-7-3-13-32(21)25-10-9-23-28-17-22(33(23)30-25)20-6-2-8-24(29-20)31-14-11-27-12-15-31;19-13-5-4-12(15(22)17-13)18-8-10-7-9(2-6-14(20)21)1-3-11(10)16(18)23;19-7-1-2-10-3-4-12-11(8-10)9-18(16(12)22)13-5-6-14(20)17-15(13)21;1-2-3/h1-2,4-6,8-9,11,13-14,22-24,32-33H,3,7,12,15,17-21,25H2,(H,45,52,54);1-2,4-6,8-10,16-17,21,27H,3,7,11-15H2;1,3,7,12H,4-5,8H2,(H,20,21)(H,17,19,22);3-4,8,13,19H,5-7,9H2,(H,17,20,21);1H3/t32-,33?;21-;;;/m11.../s1. The maximum Gasteiger partial charge on any atom is 0.382 e. The lowest BCUT2D eigenvalue weighted by Crippen LogP contribution is -2.52. The molecule has 688 valence electrons. The molecule has 0 aliphatic carbocycles. The summed E-state index contributed by atoms with van der Waals surface area (Å²) in [5.74, 6) is 14.0. The minimum Gasteiger partial charge on any atom is -0.472 e. The van der Waals surface area contributed by atoms with Crippen molar-refractivity contribution in [2.75, 3.05) is 91.7 Å². The predicted molar refractivity (Wildman–Crippen MR) is 492 cm³/mol. The van der Waals surface area contributed by atoms with Gasteiger partial charge in [-0.05, 0) is 200 Å². The van der Waals surface area contributed by atoms with E-state index in [-0.39, 0.29) is 104 Å². The van der Waals surface area contributed by atoms with Crippen molar-refractivity contribution in [3.63, 3.8) is 0 Å². The molecule has 5 atom stereocenters. The Balaban J connectivity index is 0.000000135. The van der Waals surface area contributed by atoms with Crippen molar-refractivity contribution in [2.24, 2.45) is 0 Å². The van der Waals surface area contributed by atoms with E-state index < -0.39 is 41.8 Å². The number of hydrogen-bond donors (Lipinski definition) is 6. The largest absolute Gasteiger partial charge is 0.472 e. The SMILES string of the molecule is CC#N.Fc1cccc([C@H]2CCCN2c2ccc3ncc(-c4cccc(N5CCNCC5)n4)n3n2)c1.O=C(O)C#Cc1ccc2c(c1)CN(C1CCC(=O)NC1=O)C2=O.O=C1CCC(N2Cc3cc(C#CC(=O)N4CCN(c5cccc(-c6cnc7ccc(N8CCC[C@@H]8c8cccc(F)c8)nn67)n5)CC4)ccc3C2=O)C(=O)N1.O=C1CCC(N2Cc3cc(C#CCO)ccc3C2=O)C(=O)N1. The second kappa shape index (κ2) is 40.7. The third-order valence-electron chi connectivity index (χ3n) is 25.1. The Kier molecular flexibility index (Phi) is 27.4. The van der Waals surface area contributed by atoms with Gasteiger partial charge in [0.25, 0.3) is 23.6 Å². The van der Waals surface area contributed by atoms with Crippen LogP contribution in [0.3, 0.4) is 0 Å². The highest BCUT2D eigenvalue weighted by Gasteiger charge is 2.43. The molecular weight excluding hydrogens is 1740 g/mol. The van der Waals surface area contributed by atoms with E-state index in [1.165, 1.54) is 33.8 Å². The molecular formula is C100H91F2N21O13. The number of benzene rings is 5. The molecule has 7 fully saturated rings. The number of fused-ring (bicyclic) bond motifs is 5. The molecule has 6 aromatic heterocycles. The quantitative estimate of drug-likeness (QED) is 0.0535. The first kappa shape index (κ1) is 91.5. The van der Waals surface area contributed by atoms with E-state index >= 15 is 0 Å². The summed E-state index contributed by atoms with van der Waals surface area (Å²) < 4.78 is 31.6. The van der Waals surface area contributed by atoms with E-state index in [1.807, 2.05) is 87.9 Å². The molecule has 3 unspecified atom stereocenters. The number of halogens is 2. The molecule has 0 spiro atoms. The minimum atomic E-state index is -1.23. The predicted octanol–water partition coefficient (Wildman–Crippen LogP) is 7.62. The lowest BCUT2D eigenvalue weighted by atomic mass is 10.0. The molecule has 0 radical (unpaired) electrons. The minimum absolute atomic E-state index is 0.0384. The molecule has 6 N–H and O–H groups in total. The molecule has 7 saturated heterocycles. The van der Waals surface area contributed by atoms with Gasteiger partial charge in [-0.2, -0.15) is 5.26 Å². The van der Waals surface area contributed by atoms with Crippen LogP contribution in [0.1, 0.15) is 159 Å². The Hall–Kier alpha value is -16.4. The zero-order valence-corrected chi connectivity index (χ0v) is 73.8. The number of nitrogens with zero attached hydrogens (tertiary/aromatic N) is 17. The van der Waals surface area contributed by atoms with Crippen molar-refractivity contribution < 1.29 is 71.7 Å².